The van der Waals surface area contributed by atoms with Crippen LogP contribution in [0.4, 0.5) is 29.7 Å². The summed E-state index contributed by atoms with van der Waals surface area (Å²) < 4.78 is 46.2. The molecule has 0 bridgehead atoms. The van der Waals surface area contributed by atoms with Crippen molar-refractivity contribution in [1.29, 1.82) is 0 Å². The minimum absolute atomic E-state index is 0.137. The van der Waals surface area contributed by atoms with Crippen LogP contribution in [0.25, 0.3) is 10.4 Å². The molecular weight excluding hydrogens is 447 g/mol. The van der Waals surface area contributed by atoms with Gasteiger partial charge in [0, 0.05) is 30.7 Å². The van der Waals surface area contributed by atoms with Gasteiger partial charge in [-0.05, 0) is 55.2 Å². The van der Waals surface area contributed by atoms with E-state index >= 15 is 0 Å². The van der Waals surface area contributed by atoms with Crippen molar-refractivity contribution in [3.05, 3.63) is 54.2 Å². The van der Waals surface area contributed by atoms with Crippen LogP contribution in [0, 0.1) is 0 Å². The lowest BCUT2D eigenvalue weighted by atomic mass is 10.1. The fraction of sp³-hybridized carbons (Fsp3) is 0.400. The van der Waals surface area contributed by atoms with Gasteiger partial charge in [-0.15, -0.1) is 0 Å². The Balaban J connectivity index is 1.45. The van der Waals surface area contributed by atoms with Gasteiger partial charge in [-0.1, -0.05) is 43.2 Å². The van der Waals surface area contributed by atoms with Crippen molar-refractivity contribution >= 4 is 27.8 Å². The van der Waals surface area contributed by atoms with E-state index in [1.165, 1.54) is 35.9 Å². The number of hydrogen-bond acceptors (Lipinski definition) is 5. The van der Waals surface area contributed by atoms with Gasteiger partial charge in [0.15, 0.2) is 5.13 Å². The van der Waals surface area contributed by atoms with Crippen LogP contribution >= 0.6 is 11.3 Å². The third-order valence-electron chi connectivity index (χ3n) is 5.67. The van der Waals surface area contributed by atoms with Gasteiger partial charge in [-0.2, -0.15) is 13.2 Å². The van der Waals surface area contributed by atoms with Crippen molar-refractivity contribution in [3.63, 3.8) is 0 Å². The van der Waals surface area contributed by atoms with Crippen LogP contribution in [0.3, 0.4) is 0 Å². The topological polar surface area (TPSA) is 37.4 Å². The van der Waals surface area contributed by atoms with E-state index in [1.54, 1.807) is 12.3 Å². The zero-order chi connectivity index (χ0) is 23.3. The molecule has 2 aromatic carbocycles. The summed E-state index contributed by atoms with van der Waals surface area (Å²) in [5.41, 5.74) is 1.80. The molecule has 1 aliphatic heterocycles. The second-order valence-corrected chi connectivity index (χ2v) is 9.19. The van der Waals surface area contributed by atoms with Gasteiger partial charge in [0.05, 0.1) is 17.0 Å². The van der Waals surface area contributed by atoms with Gasteiger partial charge in [0.25, 0.3) is 0 Å². The van der Waals surface area contributed by atoms with Gasteiger partial charge in [0.2, 0.25) is 0 Å². The Morgan fingerprint density at radius 3 is 2.52 bits per heavy atom. The Kier molecular flexibility index (Phi) is 7.42. The molecule has 1 fully saturated rings. The fourth-order valence-electron chi connectivity index (χ4n) is 3.89. The summed E-state index contributed by atoms with van der Waals surface area (Å²) in [5.74, 6) is -0.137. The average molecular weight is 476 g/mol. The Labute approximate surface area is 196 Å². The second-order valence-electron chi connectivity index (χ2n) is 8.16. The summed E-state index contributed by atoms with van der Waals surface area (Å²) in [5, 5.41) is 3.55. The summed E-state index contributed by atoms with van der Waals surface area (Å²) in [6.07, 6.45) is 2.34. The van der Waals surface area contributed by atoms with Gasteiger partial charge >= 0.3 is 6.18 Å². The molecule has 0 saturated carbocycles. The molecule has 4 nitrogen and oxygen atoms in total. The van der Waals surface area contributed by atoms with Crippen molar-refractivity contribution in [2.24, 2.45) is 0 Å². The first kappa shape index (κ1) is 23.4. The highest BCUT2D eigenvalue weighted by atomic mass is 32.1. The van der Waals surface area contributed by atoms with E-state index in [0.29, 0.717) is 10.8 Å². The normalized spacial score (nSPS) is 14.0. The molecule has 4 rings (SSSR count). The number of hydrogen-bond donors (Lipinski definition) is 1. The van der Waals surface area contributed by atoms with E-state index in [2.05, 4.69) is 39.5 Å². The first-order valence-electron chi connectivity index (χ1n) is 11.4. The largest absolute Gasteiger partial charge is 0.493 e. The lowest BCUT2D eigenvalue weighted by Gasteiger charge is -2.17. The maximum atomic E-state index is 13.6. The average Bonchev–Trinajstić information content (AvgIpc) is 3.49. The van der Waals surface area contributed by atoms with Crippen LogP contribution in [0.5, 0.6) is 5.75 Å². The number of alkyl halides is 3. The zero-order valence-corrected chi connectivity index (χ0v) is 19.4. The van der Waals surface area contributed by atoms with Gasteiger partial charge in [-0.3, -0.25) is 0 Å². The van der Waals surface area contributed by atoms with E-state index in [0.717, 1.165) is 48.9 Å². The summed E-state index contributed by atoms with van der Waals surface area (Å²) in [7, 11) is 0. The highest BCUT2D eigenvalue weighted by molar-refractivity contribution is 7.18. The predicted octanol–water partition coefficient (Wildman–Crippen LogP) is 7.74. The number of benzene rings is 2. The molecule has 1 aliphatic rings. The highest BCUT2D eigenvalue weighted by Gasteiger charge is 2.34. The monoisotopic (exact) mass is 475 g/mol. The van der Waals surface area contributed by atoms with E-state index in [4.69, 9.17) is 4.74 Å². The summed E-state index contributed by atoms with van der Waals surface area (Å²) in [6, 6.07) is 12.4. The molecule has 0 amide bonds. The van der Waals surface area contributed by atoms with Crippen LogP contribution in [0.1, 0.15) is 44.6 Å². The van der Waals surface area contributed by atoms with Gasteiger partial charge in [0.1, 0.15) is 5.75 Å². The van der Waals surface area contributed by atoms with Crippen molar-refractivity contribution in [3.8, 4) is 16.2 Å². The zero-order valence-electron chi connectivity index (χ0n) is 18.6. The second kappa shape index (κ2) is 10.5. The molecule has 1 N–H and O–H groups in total. The molecule has 2 heterocycles. The molecule has 176 valence electrons. The number of nitrogens with one attached hydrogen (secondary N) is 1. The van der Waals surface area contributed by atoms with Crippen LogP contribution in [0.15, 0.2) is 48.7 Å². The van der Waals surface area contributed by atoms with Crippen molar-refractivity contribution in [2.45, 2.75) is 45.2 Å². The maximum absolute atomic E-state index is 13.6. The number of thiazole rings is 1. The van der Waals surface area contributed by atoms with Crippen LogP contribution in [-0.4, -0.2) is 24.7 Å². The molecule has 0 spiro atoms. The molecule has 1 aromatic heterocycles. The standard InChI is InChI=1S/C25H28F3N3OS/c1-2-3-6-15-32-22-12-9-19(16-21(22)25(26,27)28)30-24-29-17-23(33-24)18-7-10-20(11-8-18)31-13-4-5-14-31/h7-12,16-17H,2-6,13-15H2,1H3,(H,29,30). The number of halogens is 3. The number of unbranched alkanes of at least 4 members (excludes halogenated alkanes) is 2. The molecule has 8 heteroatoms. The SMILES string of the molecule is CCCCCOc1ccc(Nc2ncc(-c3ccc(N4CCCC4)cc3)s2)cc1C(F)(F)F. The van der Waals surface area contributed by atoms with Crippen LogP contribution in [-0.2, 0) is 6.18 Å². The maximum Gasteiger partial charge on any atom is 0.420 e. The number of nitrogens with zero attached hydrogens (tertiary/aromatic N) is 2. The Morgan fingerprint density at radius 2 is 1.82 bits per heavy atom. The highest BCUT2D eigenvalue weighted by Crippen LogP contribution is 2.39. The minimum atomic E-state index is -4.50. The molecule has 3 aromatic rings. The fourth-order valence-corrected chi connectivity index (χ4v) is 4.73. The molecule has 0 aliphatic carbocycles. The number of anilines is 3. The van der Waals surface area contributed by atoms with Crippen molar-refractivity contribution < 1.29 is 17.9 Å². The number of aromatic nitrogens is 1. The number of ether oxygens (including phenoxy) is 1. The minimum Gasteiger partial charge on any atom is -0.493 e. The first-order chi connectivity index (χ1) is 15.9. The summed E-state index contributed by atoms with van der Waals surface area (Å²) in [4.78, 5) is 7.69. The molecule has 0 unspecified atom stereocenters. The van der Waals surface area contributed by atoms with Crippen LogP contribution < -0.4 is 15.0 Å². The Morgan fingerprint density at radius 1 is 1.06 bits per heavy atom. The van der Waals surface area contributed by atoms with Gasteiger partial charge < -0.3 is 15.0 Å². The molecule has 0 atom stereocenters. The third kappa shape index (κ3) is 5.99. The van der Waals surface area contributed by atoms with E-state index < -0.39 is 11.7 Å². The molecule has 0 radical (unpaired) electrons. The number of rotatable bonds is 9. The Bertz CT molecular complexity index is 1040. The molecular formula is C25H28F3N3OS. The smallest absolute Gasteiger partial charge is 0.420 e. The lowest BCUT2D eigenvalue weighted by molar-refractivity contribution is -0.138. The quantitative estimate of drug-likeness (QED) is 0.321. The van der Waals surface area contributed by atoms with Crippen molar-refractivity contribution in [1.82, 2.24) is 4.98 Å². The van der Waals surface area contributed by atoms with Crippen molar-refractivity contribution in [2.75, 3.05) is 29.9 Å². The van der Waals surface area contributed by atoms with E-state index in [1.807, 2.05) is 6.92 Å². The lowest BCUT2D eigenvalue weighted by Crippen LogP contribution is -2.17. The summed E-state index contributed by atoms with van der Waals surface area (Å²) >= 11 is 1.41. The third-order valence-corrected chi connectivity index (χ3v) is 6.63. The van der Waals surface area contributed by atoms with E-state index in [-0.39, 0.29) is 12.4 Å². The van der Waals surface area contributed by atoms with E-state index in [9.17, 15) is 13.2 Å². The van der Waals surface area contributed by atoms with Gasteiger partial charge in [-0.25, -0.2) is 4.98 Å². The van der Waals surface area contributed by atoms with Crippen LogP contribution in [0.2, 0.25) is 0 Å². The first-order valence-corrected chi connectivity index (χ1v) is 12.2. The predicted molar refractivity (Wildman–Crippen MR) is 129 cm³/mol. The molecule has 1 saturated heterocycles. The molecule has 33 heavy (non-hydrogen) atoms. The Hall–Kier alpha value is -2.74. The summed E-state index contributed by atoms with van der Waals surface area (Å²) in [6.45, 7) is 4.50.